The number of nitrogens with zero attached hydrogens (tertiary/aromatic N) is 1. The van der Waals surface area contributed by atoms with Crippen LogP contribution in [0.5, 0.6) is 5.75 Å². The van der Waals surface area contributed by atoms with Crippen LogP contribution >= 0.6 is 11.6 Å². The fourth-order valence-electron chi connectivity index (χ4n) is 3.65. The normalized spacial score (nSPS) is 18.2. The number of hydrogen-bond donors (Lipinski definition) is 2. The highest BCUT2D eigenvalue weighted by Gasteiger charge is 2.49. The molecule has 0 aromatic heterocycles. The van der Waals surface area contributed by atoms with E-state index in [2.05, 4.69) is 10.6 Å². The van der Waals surface area contributed by atoms with Gasteiger partial charge in [0.05, 0.1) is 12.8 Å². The molecule has 1 aliphatic heterocycles. The van der Waals surface area contributed by atoms with Gasteiger partial charge in [-0.2, -0.15) is 0 Å². The third-order valence-electron chi connectivity index (χ3n) is 5.34. The highest BCUT2D eigenvalue weighted by Crippen LogP contribution is 2.31. The third kappa shape index (κ3) is 3.80. The van der Waals surface area contributed by atoms with Gasteiger partial charge in [-0.3, -0.25) is 14.5 Å². The van der Waals surface area contributed by atoms with Gasteiger partial charge in [0.1, 0.15) is 17.8 Å². The first kappa shape index (κ1) is 20.7. The Balaban J connectivity index is 1.55. The molecule has 8 heteroatoms. The SMILES string of the molecule is COc1ccc(Cl)cc1NC(=O)CN1C(=O)NC(C)(c2ccc3ccccc3c2)C1=O. The van der Waals surface area contributed by atoms with E-state index in [1.165, 1.54) is 13.2 Å². The lowest BCUT2D eigenvalue weighted by Gasteiger charge is -2.22. The van der Waals surface area contributed by atoms with Gasteiger partial charge >= 0.3 is 6.03 Å². The number of nitrogens with one attached hydrogen (secondary N) is 2. The molecule has 1 aliphatic rings. The molecular weight excluding hydrogens is 418 g/mol. The summed E-state index contributed by atoms with van der Waals surface area (Å²) in [7, 11) is 1.46. The molecule has 0 radical (unpaired) electrons. The Kier molecular flexibility index (Phi) is 5.29. The lowest BCUT2D eigenvalue weighted by molar-refractivity contribution is -0.133. The van der Waals surface area contributed by atoms with Crippen molar-refractivity contribution in [3.63, 3.8) is 0 Å². The fourth-order valence-corrected chi connectivity index (χ4v) is 3.82. The number of benzene rings is 3. The van der Waals surface area contributed by atoms with Gasteiger partial charge in [-0.25, -0.2) is 4.79 Å². The van der Waals surface area contributed by atoms with Gasteiger partial charge in [-0.05, 0) is 47.5 Å². The molecule has 4 rings (SSSR count). The minimum absolute atomic E-state index is 0.351. The van der Waals surface area contributed by atoms with Gasteiger partial charge in [-0.1, -0.05) is 48.0 Å². The van der Waals surface area contributed by atoms with Crippen LogP contribution in [0.4, 0.5) is 10.5 Å². The van der Waals surface area contributed by atoms with Crippen molar-refractivity contribution in [2.75, 3.05) is 19.0 Å². The number of fused-ring (bicyclic) bond motifs is 1. The molecule has 3 aromatic rings. The first-order chi connectivity index (χ1) is 14.8. The van der Waals surface area contributed by atoms with E-state index in [0.717, 1.165) is 15.7 Å². The Morgan fingerprint density at radius 2 is 1.84 bits per heavy atom. The second-order valence-corrected chi connectivity index (χ2v) is 7.84. The number of urea groups is 1. The minimum atomic E-state index is -1.27. The minimum Gasteiger partial charge on any atom is -0.495 e. The summed E-state index contributed by atoms with van der Waals surface area (Å²) in [6.07, 6.45) is 0. The molecule has 1 unspecified atom stereocenters. The Hall–Kier alpha value is -3.58. The van der Waals surface area contributed by atoms with Crippen LogP contribution in [0.25, 0.3) is 10.8 Å². The highest BCUT2D eigenvalue weighted by molar-refractivity contribution is 6.31. The van der Waals surface area contributed by atoms with Crippen LogP contribution in [0.2, 0.25) is 5.02 Å². The second-order valence-electron chi connectivity index (χ2n) is 7.40. The van der Waals surface area contributed by atoms with Gasteiger partial charge in [0.15, 0.2) is 0 Å². The largest absolute Gasteiger partial charge is 0.495 e. The van der Waals surface area contributed by atoms with E-state index in [0.29, 0.717) is 22.0 Å². The van der Waals surface area contributed by atoms with E-state index in [1.54, 1.807) is 25.1 Å². The molecule has 1 fully saturated rings. The average molecular weight is 438 g/mol. The fraction of sp³-hybridized carbons (Fsp3) is 0.174. The molecule has 1 heterocycles. The maximum atomic E-state index is 13.2. The highest BCUT2D eigenvalue weighted by atomic mass is 35.5. The van der Waals surface area contributed by atoms with Crippen LogP contribution in [0.1, 0.15) is 12.5 Å². The molecule has 4 amide bonds. The first-order valence-corrected chi connectivity index (χ1v) is 9.96. The predicted molar refractivity (Wildman–Crippen MR) is 118 cm³/mol. The summed E-state index contributed by atoms with van der Waals surface area (Å²) in [6, 6.07) is 17.5. The van der Waals surface area contributed by atoms with Crippen molar-refractivity contribution >= 4 is 45.9 Å². The van der Waals surface area contributed by atoms with Crippen molar-refractivity contribution in [3.8, 4) is 5.75 Å². The van der Waals surface area contributed by atoms with Gasteiger partial charge in [0.25, 0.3) is 5.91 Å². The zero-order chi connectivity index (χ0) is 22.2. The quantitative estimate of drug-likeness (QED) is 0.592. The lowest BCUT2D eigenvalue weighted by atomic mass is 9.90. The van der Waals surface area contributed by atoms with E-state index >= 15 is 0 Å². The Labute approximate surface area is 183 Å². The number of ether oxygens (including phenoxy) is 1. The van der Waals surface area contributed by atoms with Gasteiger partial charge < -0.3 is 15.4 Å². The smallest absolute Gasteiger partial charge is 0.325 e. The Morgan fingerprint density at radius 3 is 2.58 bits per heavy atom. The number of methoxy groups -OCH3 is 1. The van der Waals surface area contributed by atoms with Crippen molar-refractivity contribution in [3.05, 3.63) is 71.2 Å². The standard InChI is InChI=1S/C23H20ClN3O4/c1-23(16-8-7-14-5-3-4-6-15(14)11-16)21(29)27(22(30)26-23)13-20(28)25-18-12-17(24)9-10-19(18)31-2/h3-12H,13H2,1-2H3,(H,25,28)(H,26,30). The number of imide groups is 1. The van der Waals surface area contributed by atoms with Gasteiger partial charge in [0, 0.05) is 5.02 Å². The number of amides is 4. The van der Waals surface area contributed by atoms with Gasteiger partial charge in [-0.15, -0.1) is 0 Å². The molecule has 3 aromatic carbocycles. The van der Waals surface area contributed by atoms with Crippen LogP contribution < -0.4 is 15.4 Å². The Morgan fingerprint density at radius 1 is 1.10 bits per heavy atom. The third-order valence-corrected chi connectivity index (χ3v) is 5.57. The molecule has 0 aliphatic carbocycles. The molecule has 0 saturated carbocycles. The molecule has 1 atom stereocenters. The monoisotopic (exact) mass is 437 g/mol. The van der Waals surface area contributed by atoms with Crippen LogP contribution in [-0.4, -0.2) is 36.4 Å². The van der Waals surface area contributed by atoms with Crippen molar-refractivity contribution in [1.29, 1.82) is 0 Å². The summed E-state index contributed by atoms with van der Waals surface area (Å²) in [4.78, 5) is 39.2. The average Bonchev–Trinajstić information content (AvgIpc) is 2.97. The molecule has 0 bridgehead atoms. The second kappa shape index (κ2) is 7.92. The molecule has 158 valence electrons. The van der Waals surface area contributed by atoms with Crippen LogP contribution in [0.15, 0.2) is 60.7 Å². The predicted octanol–water partition coefficient (Wildman–Crippen LogP) is 3.91. The van der Waals surface area contributed by atoms with Crippen LogP contribution in [-0.2, 0) is 15.1 Å². The van der Waals surface area contributed by atoms with Crippen molar-refractivity contribution < 1.29 is 19.1 Å². The number of hydrogen-bond acceptors (Lipinski definition) is 4. The molecule has 31 heavy (non-hydrogen) atoms. The van der Waals surface area contributed by atoms with Crippen molar-refractivity contribution in [2.45, 2.75) is 12.5 Å². The van der Waals surface area contributed by atoms with E-state index in [4.69, 9.17) is 16.3 Å². The zero-order valence-corrected chi connectivity index (χ0v) is 17.7. The maximum Gasteiger partial charge on any atom is 0.325 e. The van der Waals surface area contributed by atoms with Gasteiger partial charge in [0.2, 0.25) is 5.91 Å². The molecule has 1 saturated heterocycles. The van der Waals surface area contributed by atoms with Crippen LogP contribution in [0.3, 0.4) is 0 Å². The van der Waals surface area contributed by atoms with Crippen molar-refractivity contribution in [2.24, 2.45) is 0 Å². The lowest BCUT2D eigenvalue weighted by Crippen LogP contribution is -2.42. The van der Waals surface area contributed by atoms with E-state index < -0.39 is 29.9 Å². The summed E-state index contributed by atoms with van der Waals surface area (Å²) in [6.45, 7) is 1.19. The van der Waals surface area contributed by atoms with E-state index in [-0.39, 0.29) is 0 Å². The van der Waals surface area contributed by atoms with E-state index in [1.807, 2.05) is 36.4 Å². The number of carbonyl (C=O) groups excluding carboxylic acids is 3. The molecule has 2 N–H and O–H groups in total. The van der Waals surface area contributed by atoms with E-state index in [9.17, 15) is 14.4 Å². The number of carbonyl (C=O) groups is 3. The summed E-state index contributed by atoms with van der Waals surface area (Å²) in [5.74, 6) is -0.635. The molecule has 7 nitrogen and oxygen atoms in total. The summed E-state index contributed by atoms with van der Waals surface area (Å²) < 4.78 is 5.21. The number of halogens is 1. The summed E-state index contributed by atoms with van der Waals surface area (Å²) in [5.41, 5.74) is -0.275. The van der Waals surface area contributed by atoms with Crippen molar-refractivity contribution in [1.82, 2.24) is 10.2 Å². The molecular formula is C23H20ClN3O4. The number of anilines is 1. The first-order valence-electron chi connectivity index (χ1n) is 9.58. The summed E-state index contributed by atoms with van der Waals surface area (Å²) >= 11 is 5.99. The Bertz CT molecular complexity index is 1210. The maximum absolute atomic E-state index is 13.2. The zero-order valence-electron chi connectivity index (χ0n) is 16.9. The topological polar surface area (TPSA) is 87.7 Å². The molecule has 0 spiro atoms. The number of rotatable bonds is 5. The van der Waals surface area contributed by atoms with Crippen LogP contribution in [0, 0.1) is 0 Å². The summed E-state index contributed by atoms with van der Waals surface area (Å²) in [5, 5.41) is 7.75.